The molecule has 0 saturated carbocycles. The third-order valence-electron chi connectivity index (χ3n) is 1.37. The Kier molecular flexibility index (Phi) is 7.72. The van der Waals surface area contributed by atoms with Crippen molar-refractivity contribution in [3.8, 4) is 0 Å². The molecular formula is C6H16N2Si2. The van der Waals surface area contributed by atoms with Gasteiger partial charge in [0.25, 0.3) is 0 Å². The van der Waals surface area contributed by atoms with Crippen LogP contribution in [0.5, 0.6) is 0 Å². The first kappa shape index (κ1) is 10.4. The van der Waals surface area contributed by atoms with Gasteiger partial charge in [-0.15, -0.1) is 0 Å². The lowest BCUT2D eigenvalue weighted by Crippen LogP contribution is -2.16. The highest BCUT2D eigenvalue weighted by Gasteiger charge is 2.01. The van der Waals surface area contributed by atoms with E-state index in [4.69, 9.17) is 11.5 Å². The second kappa shape index (κ2) is 7.46. The van der Waals surface area contributed by atoms with E-state index < -0.39 is 0 Å². The second-order valence-corrected chi connectivity index (χ2v) is 6.72. The van der Waals surface area contributed by atoms with Crippen LogP contribution in [-0.2, 0) is 0 Å². The molecule has 0 aliphatic rings. The zero-order valence-corrected chi connectivity index (χ0v) is 8.40. The summed E-state index contributed by atoms with van der Waals surface area (Å²) in [5.41, 5.74) is 10.8. The lowest BCUT2D eigenvalue weighted by Gasteiger charge is -2.06. The van der Waals surface area contributed by atoms with E-state index in [9.17, 15) is 0 Å². The van der Waals surface area contributed by atoms with Gasteiger partial charge in [-0.25, -0.2) is 0 Å². The molecule has 0 amide bonds. The van der Waals surface area contributed by atoms with E-state index in [1.54, 1.807) is 0 Å². The van der Waals surface area contributed by atoms with Crippen molar-refractivity contribution in [1.82, 2.24) is 0 Å². The fourth-order valence-electron chi connectivity index (χ4n) is 0.756. The first-order valence-corrected chi connectivity index (χ1v) is 7.19. The first-order valence-electron chi connectivity index (χ1n) is 3.77. The highest BCUT2D eigenvalue weighted by molar-refractivity contribution is 7.03. The van der Waals surface area contributed by atoms with Crippen molar-refractivity contribution in [3.63, 3.8) is 0 Å². The Morgan fingerprint density at radius 1 is 1.00 bits per heavy atom. The minimum absolute atomic E-state index is 0.269. The van der Waals surface area contributed by atoms with E-state index in [1.165, 1.54) is 12.1 Å². The molecule has 0 aliphatic heterocycles. The predicted molar refractivity (Wildman–Crippen MR) is 48.5 cm³/mol. The molecule has 0 fully saturated rings. The fraction of sp³-hybridized carbons (Fsp3) is 1.00. The van der Waals surface area contributed by atoms with Crippen LogP contribution < -0.4 is 11.5 Å². The molecular weight excluding hydrogens is 156 g/mol. The third kappa shape index (κ3) is 6.47. The number of hydrogen-bond acceptors (Lipinski definition) is 2. The van der Waals surface area contributed by atoms with E-state index in [1.807, 2.05) is 0 Å². The predicted octanol–water partition coefficient (Wildman–Crippen LogP) is -0.156. The van der Waals surface area contributed by atoms with Gasteiger partial charge < -0.3 is 11.5 Å². The molecule has 0 atom stereocenters. The van der Waals surface area contributed by atoms with Crippen LogP contribution in [0.15, 0.2) is 0 Å². The normalized spacial score (nSPS) is 10.8. The summed E-state index contributed by atoms with van der Waals surface area (Å²) < 4.78 is 0. The maximum atomic E-state index is 5.38. The molecule has 0 spiro atoms. The van der Waals surface area contributed by atoms with Crippen LogP contribution in [0.3, 0.4) is 0 Å². The van der Waals surface area contributed by atoms with Crippen LogP contribution in [-0.4, -0.2) is 31.2 Å². The molecule has 0 bridgehead atoms. The molecule has 0 aliphatic carbocycles. The van der Waals surface area contributed by atoms with Crippen LogP contribution in [0.25, 0.3) is 0 Å². The quantitative estimate of drug-likeness (QED) is 0.547. The van der Waals surface area contributed by atoms with Gasteiger partial charge in [0, 0.05) is 18.1 Å². The summed E-state index contributed by atoms with van der Waals surface area (Å²) in [4.78, 5) is 0. The summed E-state index contributed by atoms with van der Waals surface area (Å²) in [5, 5.41) is 0. The molecule has 0 saturated heterocycles. The van der Waals surface area contributed by atoms with Gasteiger partial charge in [0.2, 0.25) is 0 Å². The van der Waals surface area contributed by atoms with E-state index in [0.29, 0.717) is 0 Å². The Hall–Kier alpha value is 0.354. The van der Waals surface area contributed by atoms with Crippen molar-refractivity contribution in [2.24, 2.45) is 11.5 Å². The van der Waals surface area contributed by atoms with Gasteiger partial charge in [-0.1, -0.05) is 12.1 Å². The minimum atomic E-state index is -0.269. The van der Waals surface area contributed by atoms with E-state index >= 15 is 0 Å². The molecule has 0 aromatic heterocycles. The third-order valence-corrected chi connectivity index (χ3v) is 4.78. The van der Waals surface area contributed by atoms with Gasteiger partial charge >= 0.3 is 0 Å². The van der Waals surface area contributed by atoms with Gasteiger partial charge in [-0.3, -0.25) is 0 Å². The largest absolute Gasteiger partial charge is 0.330 e. The maximum Gasteiger partial charge on any atom is 0.0304 e. The van der Waals surface area contributed by atoms with Crippen molar-refractivity contribution >= 4 is 18.1 Å². The number of nitrogens with two attached hydrogens (primary N) is 2. The SMILES string of the molecule is NCCC[Si]([Si])CCCN. The lowest BCUT2D eigenvalue weighted by molar-refractivity contribution is 0.892. The van der Waals surface area contributed by atoms with Gasteiger partial charge in [0.05, 0.1) is 0 Å². The molecule has 0 aromatic carbocycles. The van der Waals surface area contributed by atoms with Gasteiger partial charge in [-0.2, -0.15) is 0 Å². The van der Waals surface area contributed by atoms with Gasteiger partial charge in [0.1, 0.15) is 0 Å². The molecule has 0 rings (SSSR count). The molecule has 0 heterocycles. The van der Waals surface area contributed by atoms with Crippen molar-refractivity contribution in [2.75, 3.05) is 13.1 Å². The van der Waals surface area contributed by atoms with Crippen LogP contribution in [0.4, 0.5) is 0 Å². The second-order valence-electron chi connectivity index (χ2n) is 2.39. The molecule has 4 heteroatoms. The molecule has 2 nitrogen and oxygen atoms in total. The monoisotopic (exact) mass is 172 g/mol. The molecule has 58 valence electrons. The average molecular weight is 172 g/mol. The van der Waals surface area contributed by atoms with E-state index in [2.05, 4.69) is 9.76 Å². The van der Waals surface area contributed by atoms with Gasteiger partial charge in [-0.05, 0) is 25.9 Å². The standard InChI is InChI=1S/C6H16N2Si2/c7-3-1-5-10(9)6-2-4-8/h1-8H2. The smallest absolute Gasteiger partial charge is 0.0304 e. The van der Waals surface area contributed by atoms with Gasteiger partial charge in [0.15, 0.2) is 0 Å². The maximum absolute atomic E-state index is 5.38. The summed E-state index contributed by atoms with van der Waals surface area (Å²) in [6.45, 7) is 1.64. The Morgan fingerprint density at radius 2 is 1.40 bits per heavy atom. The summed E-state index contributed by atoms with van der Waals surface area (Å²) in [6, 6.07) is 2.55. The highest BCUT2D eigenvalue weighted by Crippen LogP contribution is 2.00. The van der Waals surface area contributed by atoms with E-state index in [-0.39, 0.29) is 8.31 Å². The van der Waals surface area contributed by atoms with Crippen molar-refractivity contribution in [2.45, 2.75) is 24.9 Å². The summed E-state index contributed by atoms with van der Waals surface area (Å²) in [6.07, 6.45) is 2.31. The average Bonchev–Trinajstić information content (AvgIpc) is 1.97. The minimum Gasteiger partial charge on any atom is -0.330 e. The zero-order valence-electron chi connectivity index (χ0n) is 6.40. The first-order chi connectivity index (χ1) is 4.81. The molecule has 0 aromatic rings. The Labute approximate surface area is 68.2 Å². The molecule has 4 radical (unpaired) electrons. The lowest BCUT2D eigenvalue weighted by atomic mass is 10.5. The Morgan fingerprint density at radius 3 is 1.70 bits per heavy atom. The summed E-state index contributed by atoms with van der Waals surface area (Å²) >= 11 is 0. The number of hydrogen-bond donors (Lipinski definition) is 2. The topological polar surface area (TPSA) is 52.0 Å². The highest BCUT2D eigenvalue weighted by atomic mass is 29.1. The molecule has 4 N–H and O–H groups in total. The fourth-order valence-corrected chi connectivity index (χ4v) is 3.33. The zero-order chi connectivity index (χ0) is 7.82. The van der Waals surface area contributed by atoms with Crippen molar-refractivity contribution in [1.29, 1.82) is 0 Å². The van der Waals surface area contributed by atoms with Crippen LogP contribution in [0.1, 0.15) is 12.8 Å². The summed E-state index contributed by atoms with van der Waals surface area (Å²) in [7, 11) is 3.45. The molecule has 0 unspecified atom stereocenters. The van der Waals surface area contributed by atoms with Crippen LogP contribution in [0, 0.1) is 0 Å². The van der Waals surface area contributed by atoms with E-state index in [0.717, 1.165) is 25.9 Å². The van der Waals surface area contributed by atoms with Crippen LogP contribution >= 0.6 is 0 Å². The Bertz CT molecular complexity index is 62.8. The number of rotatable bonds is 6. The Balaban J connectivity index is 3.00. The summed E-state index contributed by atoms with van der Waals surface area (Å²) in [5.74, 6) is 0. The van der Waals surface area contributed by atoms with Crippen LogP contribution in [0.2, 0.25) is 12.1 Å². The van der Waals surface area contributed by atoms with Crippen molar-refractivity contribution in [3.05, 3.63) is 0 Å². The molecule has 10 heavy (non-hydrogen) atoms. The van der Waals surface area contributed by atoms with Crippen molar-refractivity contribution < 1.29 is 0 Å².